The average molecular weight is 460 g/mol. The van der Waals surface area contributed by atoms with E-state index in [4.69, 9.17) is 4.74 Å². The van der Waals surface area contributed by atoms with E-state index in [2.05, 4.69) is 27.2 Å². The highest BCUT2D eigenvalue weighted by Gasteiger charge is 2.13. The maximum absolute atomic E-state index is 12.1. The number of carbonyl (C=O) groups is 2. The minimum Gasteiger partial charge on any atom is -0.437 e. The summed E-state index contributed by atoms with van der Waals surface area (Å²) in [5, 5.41) is 7.78. The molecular formula is C24H21N5O3S. The van der Waals surface area contributed by atoms with Crippen molar-refractivity contribution >= 4 is 50.7 Å². The normalized spacial score (nSPS) is 10.5. The molecule has 33 heavy (non-hydrogen) atoms. The van der Waals surface area contributed by atoms with E-state index in [1.54, 1.807) is 62.6 Å². The SMILES string of the molecule is C=CC(=O)Nc1cccc(Oc2nc(Nc3ccc(C(=O)N(C)C)cc3)nc3ccsc23)c1. The van der Waals surface area contributed by atoms with Gasteiger partial charge < -0.3 is 20.3 Å². The zero-order valence-electron chi connectivity index (χ0n) is 18.0. The fourth-order valence-corrected chi connectivity index (χ4v) is 3.74. The van der Waals surface area contributed by atoms with Crippen LogP contribution in [0, 0.1) is 0 Å². The van der Waals surface area contributed by atoms with Gasteiger partial charge in [-0.2, -0.15) is 4.98 Å². The Morgan fingerprint density at radius 3 is 2.58 bits per heavy atom. The first kappa shape index (κ1) is 22.0. The first-order valence-electron chi connectivity index (χ1n) is 9.98. The van der Waals surface area contributed by atoms with Crippen LogP contribution >= 0.6 is 11.3 Å². The van der Waals surface area contributed by atoms with Gasteiger partial charge in [0, 0.05) is 37.1 Å². The molecule has 4 aromatic rings. The van der Waals surface area contributed by atoms with Crippen molar-refractivity contribution in [1.29, 1.82) is 0 Å². The Hall–Kier alpha value is -4.24. The molecule has 0 fully saturated rings. The van der Waals surface area contributed by atoms with Crippen LogP contribution in [-0.4, -0.2) is 40.8 Å². The van der Waals surface area contributed by atoms with E-state index in [0.717, 1.165) is 15.9 Å². The molecule has 2 amide bonds. The highest BCUT2D eigenvalue weighted by Crippen LogP contribution is 2.33. The Morgan fingerprint density at radius 2 is 1.85 bits per heavy atom. The maximum atomic E-state index is 12.1. The van der Waals surface area contributed by atoms with Gasteiger partial charge in [-0.25, -0.2) is 4.98 Å². The highest BCUT2D eigenvalue weighted by atomic mass is 32.1. The van der Waals surface area contributed by atoms with Crippen molar-refractivity contribution in [2.75, 3.05) is 24.7 Å². The number of nitrogens with zero attached hydrogens (tertiary/aromatic N) is 3. The number of aromatic nitrogens is 2. The molecule has 8 nitrogen and oxygen atoms in total. The van der Waals surface area contributed by atoms with E-state index in [1.165, 1.54) is 22.3 Å². The fraction of sp³-hybridized carbons (Fsp3) is 0.0833. The van der Waals surface area contributed by atoms with Crippen LogP contribution in [0.15, 0.2) is 72.6 Å². The standard InChI is InChI=1S/C24H21N5O3S/c1-4-20(30)25-17-6-5-7-18(14-17)32-22-21-19(12-13-33-21)27-24(28-22)26-16-10-8-15(9-11-16)23(31)29(2)3/h4-14H,1H2,2-3H3,(H,25,30)(H,26,27,28). The second-order valence-electron chi connectivity index (χ2n) is 7.21. The molecule has 0 atom stereocenters. The van der Waals surface area contributed by atoms with Gasteiger partial charge in [0.25, 0.3) is 5.91 Å². The van der Waals surface area contributed by atoms with E-state index in [9.17, 15) is 9.59 Å². The Balaban J connectivity index is 1.59. The summed E-state index contributed by atoms with van der Waals surface area (Å²) in [4.78, 5) is 34.3. The van der Waals surface area contributed by atoms with E-state index >= 15 is 0 Å². The molecule has 0 aliphatic carbocycles. The monoisotopic (exact) mass is 459 g/mol. The van der Waals surface area contributed by atoms with Crippen molar-refractivity contribution < 1.29 is 14.3 Å². The molecule has 4 rings (SSSR count). The summed E-state index contributed by atoms with van der Waals surface area (Å²) in [7, 11) is 3.42. The summed E-state index contributed by atoms with van der Waals surface area (Å²) < 4.78 is 6.85. The third-order valence-corrected chi connectivity index (χ3v) is 5.46. The second kappa shape index (κ2) is 9.49. The zero-order valence-corrected chi connectivity index (χ0v) is 18.8. The van der Waals surface area contributed by atoms with Crippen LogP contribution in [0.4, 0.5) is 17.3 Å². The first-order valence-corrected chi connectivity index (χ1v) is 10.9. The largest absolute Gasteiger partial charge is 0.437 e. The summed E-state index contributed by atoms with van der Waals surface area (Å²) >= 11 is 1.47. The van der Waals surface area contributed by atoms with Crippen molar-refractivity contribution in [3.05, 3.63) is 78.2 Å². The number of benzene rings is 2. The summed E-state index contributed by atoms with van der Waals surface area (Å²) in [6, 6.07) is 16.0. The molecule has 0 aliphatic heterocycles. The van der Waals surface area contributed by atoms with Gasteiger partial charge >= 0.3 is 0 Å². The minimum atomic E-state index is -0.306. The van der Waals surface area contributed by atoms with E-state index < -0.39 is 0 Å². The molecule has 0 bridgehead atoms. The number of anilines is 3. The van der Waals surface area contributed by atoms with E-state index in [-0.39, 0.29) is 11.8 Å². The number of hydrogen-bond donors (Lipinski definition) is 2. The van der Waals surface area contributed by atoms with Gasteiger partial charge in [-0.3, -0.25) is 9.59 Å². The van der Waals surface area contributed by atoms with Gasteiger partial charge in [-0.15, -0.1) is 11.3 Å². The maximum Gasteiger partial charge on any atom is 0.253 e. The lowest BCUT2D eigenvalue weighted by atomic mass is 10.2. The van der Waals surface area contributed by atoms with E-state index in [1.807, 2.05) is 11.4 Å². The lowest BCUT2D eigenvalue weighted by Crippen LogP contribution is -2.21. The van der Waals surface area contributed by atoms with Crippen molar-refractivity contribution in [1.82, 2.24) is 14.9 Å². The minimum absolute atomic E-state index is 0.0697. The van der Waals surface area contributed by atoms with Gasteiger partial charge in [-0.05, 0) is 53.9 Å². The molecule has 2 heterocycles. The summed E-state index contributed by atoms with van der Waals surface area (Å²) in [6.07, 6.45) is 1.20. The number of fused-ring (bicyclic) bond motifs is 1. The molecule has 2 aromatic carbocycles. The predicted molar refractivity (Wildman–Crippen MR) is 130 cm³/mol. The number of nitrogens with one attached hydrogen (secondary N) is 2. The molecule has 0 radical (unpaired) electrons. The smallest absolute Gasteiger partial charge is 0.253 e. The second-order valence-corrected chi connectivity index (χ2v) is 8.13. The van der Waals surface area contributed by atoms with Crippen molar-refractivity contribution in [3.8, 4) is 11.6 Å². The third-order valence-electron chi connectivity index (χ3n) is 4.57. The van der Waals surface area contributed by atoms with Crippen LogP contribution in [0.1, 0.15) is 10.4 Å². The fourth-order valence-electron chi connectivity index (χ4n) is 2.99. The van der Waals surface area contributed by atoms with Crippen molar-refractivity contribution in [3.63, 3.8) is 0 Å². The molecule has 2 N–H and O–H groups in total. The number of rotatable bonds is 7. The van der Waals surface area contributed by atoms with Gasteiger partial charge in [0.15, 0.2) is 0 Å². The Kier molecular flexibility index (Phi) is 6.32. The van der Waals surface area contributed by atoms with Crippen LogP contribution in [0.3, 0.4) is 0 Å². The quantitative estimate of drug-likeness (QED) is 0.375. The number of hydrogen-bond acceptors (Lipinski definition) is 7. The van der Waals surface area contributed by atoms with Crippen molar-refractivity contribution in [2.45, 2.75) is 0 Å². The van der Waals surface area contributed by atoms with Crippen LogP contribution in [0.2, 0.25) is 0 Å². The lowest BCUT2D eigenvalue weighted by Gasteiger charge is -2.12. The van der Waals surface area contributed by atoms with Gasteiger partial charge in [0.2, 0.25) is 17.7 Å². The highest BCUT2D eigenvalue weighted by molar-refractivity contribution is 7.17. The molecule has 166 valence electrons. The van der Waals surface area contributed by atoms with Crippen LogP contribution in [0.5, 0.6) is 11.6 Å². The molecule has 0 saturated carbocycles. The van der Waals surface area contributed by atoms with Crippen LogP contribution in [-0.2, 0) is 4.79 Å². The average Bonchev–Trinajstić information content (AvgIpc) is 3.28. The summed E-state index contributed by atoms with van der Waals surface area (Å²) in [5.41, 5.74) is 2.65. The molecule has 0 saturated heterocycles. The number of amides is 2. The summed E-state index contributed by atoms with van der Waals surface area (Å²) in [6.45, 7) is 3.46. The topological polar surface area (TPSA) is 96.4 Å². The van der Waals surface area contributed by atoms with Crippen LogP contribution < -0.4 is 15.4 Å². The Bertz CT molecular complexity index is 1330. The summed E-state index contributed by atoms with van der Waals surface area (Å²) in [5.74, 6) is 0.893. The first-order chi connectivity index (χ1) is 15.9. The van der Waals surface area contributed by atoms with Crippen molar-refractivity contribution in [2.24, 2.45) is 0 Å². The number of thiophene rings is 1. The van der Waals surface area contributed by atoms with Gasteiger partial charge in [-0.1, -0.05) is 12.6 Å². The molecular weight excluding hydrogens is 438 g/mol. The molecule has 2 aromatic heterocycles. The molecule has 0 unspecified atom stereocenters. The Morgan fingerprint density at radius 1 is 1.06 bits per heavy atom. The molecule has 0 aliphatic rings. The molecule has 0 spiro atoms. The van der Waals surface area contributed by atoms with E-state index in [0.29, 0.717) is 28.8 Å². The number of ether oxygens (including phenoxy) is 1. The van der Waals surface area contributed by atoms with Crippen LogP contribution in [0.25, 0.3) is 10.2 Å². The Labute approximate surface area is 194 Å². The predicted octanol–water partition coefficient (Wildman–Crippen LogP) is 5.05. The third kappa shape index (κ3) is 5.16. The zero-order chi connectivity index (χ0) is 23.4. The van der Waals surface area contributed by atoms with Gasteiger partial charge in [0.1, 0.15) is 10.4 Å². The van der Waals surface area contributed by atoms with Gasteiger partial charge in [0.05, 0.1) is 5.52 Å². The lowest BCUT2D eigenvalue weighted by molar-refractivity contribution is -0.111. The number of carbonyl (C=O) groups excluding carboxylic acids is 2. The molecule has 9 heteroatoms.